The molecule has 0 aliphatic rings. The first-order valence-corrected chi connectivity index (χ1v) is 9.55. The Morgan fingerprint density at radius 2 is 1.92 bits per heavy atom. The van der Waals surface area contributed by atoms with Crippen LogP contribution in [0.15, 0.2) is 47.4 Å². The summed E-state index contributed by atoms with van der Waals surface area (Å²) in [7, 11) is 0. The lowest BCUT2D eigenvalue weighted by Gasteiger charge is -2.08. The SMILES string of the molecule is O=C(COC(=O)CSc1cc(Cl)ccc1Cl)Nc1ccccc1I. The second-order valence-corrected chi connectivity index (χ2v) is 7.58. The Hall–Kier alpha value is -0.960. The molecule has 0 aliphatic heterocycles. The molecule has 2 rings (SSSR count). The third kappa shape index (κ3) is 6.16. The average Bonchev–Trinajstić information content (AvgIpc) is 2.56. The summed E-state index contributed by atoms with van der Waals surface area (Å²) in [6.07, 6.45) is 0. The molecule has 2 aromatic carbocycles. The van der Waals surface area contributed by atoms with Gasteiger partial charge in [0.2, 0.25) is 0 Å². The van der Waals surface area contributed by atoms with E-state index >= 15 is 0 Å². The lowest BCUT2D eigenvalue weighted by atomic mass is 10.3. The number of amides is 1. The molecule has 0 aliphatic carbocycles. The number of ether oxygens (including phenoxy) is 1. The first-order chi connectivity index (χ1) is 11.5. The molecule has 0 radical (unpaired) electrons. The molecule has 0 atom stereocenters. The molecule has 2 aromatic rings. The van der Waals surface area contributed by atoms with Crippen LogP contribution in [0.2, 0.25) is 10.0 Å². The van der Waals surface area contributed by atoms with Crippen molar-refractivity contribution in [1.29, 1.82) is 0 Å². The summed E-state index contributed by atoms with van der Waals surface area (Å²) < 4.78 is 5.86. The number of carbonyl (C=O) groups is 2. The molecule has 0 saturated carbocycles. The molecule has 8 heteroatoms. The maximum absolute atomic E-state index is 11.8. The van der Waals surface area contributed by atoms with E-state index in [1.54, 1.807) is 24.3 Å². The van der Waals surface area contributed by atoms with Crippen LogP contribution >= 0.6 is 57.6 Å². The second kappa shape index (κ2) is 9.50. The Morgan fingerprint density at radius 3 is 2.67 bits per heavy atom. The molecule has 0 unspecified atom stereocenters. The molecule has 0 heterocycles. The van der Waals surface area contributed by atoms with Gasteiger partial charge in [-0.05, 0) is 52.9 Å². The van der Waals surface area contributed by atoms with E-state index in [1.807, 2.05) is 18.2 Å². The number of anilines is 1. The molecule has 0 spiro atoms. The second-order valence-electron chi connectivity index (χ2n) is 4.55. The zero-order valence-electron chi connectivity index (χ0n) is 12.2. The number of carbonyl (C=O) groups excluding carboxylic acids is 2. The molecule has 126 valence electrons. The van der Waals surface area contributed by atoms with E-state index in [0.29, 0.717) is 20.6 Å². The maximum atomic E-state index is 11.8. The van der Waals surface area contributed by atoms with Gasteiger partial charge < -0.3 is 10.1 Å². The fourth-order valence-electron chi connectivity index (χ4n) is 1.66. The van der Waals surface area contributed by atoms with Crippen molar-refractivity contribution < 1.29 is 14.3 Å². The Labute approximate surface area is 167 Å². The first-order valence-electron chi connectivity index (χ1n) is 6.73. The number of halogens is 3. The number of rotatable bonds is 6. The van der Waals surface area contributed by atoms with Crippen LogP contribution in [0.4, 0.5) is 5.69 Å². The van der Waals surface area contributed by atoms with E-state index in [9.17, 15) is 9.59 Å². The zero-order chi connectivity index (χ0) is 17.5. The van der Waals surface area contributed by atoms with Gasteiger partial charge in [0.05, 0.1) is 16.5 Å². The molecular weight excluding hydrogens is 484 g/mol. The highest BCUT2D eigenvalue weighted by Crippen LogP contribution is 2.29. The minimum Gasteiger partial charge on any atom is -0.455 e. The number of hydrogen-bond donors (Lipinski definition) is 1. The number of esters is 1. The summed E-state index contributed by atoms with van der Waals surface area (Å²) in [6.45, 7) is -0.340. The highest BCUT2D eigenvalue weighted by atomic mass is 127. The van der Waals surface area contributed by atoms with Gasteiger partial charge >= 0.3 is 5.97 Å². The summed E-state index contributed by atoms with van der Waals surface area (Å²) >= 11 is 15.2. The van der Waals surface area contributed by atoms with Gasteiger partial charge in [-0.1, -0.05) is 35.3 Å². The van der Waals surface area contributed by atoms with Crippen LogP contribution in [0.5, 0.6) is 0 Å². The van der Waals surface area contributed by atoms with Gasteiger partial charge in [0, 0.05) is 13.5 Å². The van der Waals surface area contributed by atoms with E-state index in [2.05, 4.69) is 27.9 Å². The highest BCUT2D eigenvalue weighted by Gasteiger charge is 2.11. The van der Waals surface area contributed by atoms with Crippen LogP contribution in [0.25, 0.3) is 0 Å². The minimum absolute atomic E-state index is 0.0379. The van der Waals surface area contributed by atoms with Gasteiger partial charge in [-0.25, -0.2) is 0 Å². The Kier molecular flexibility index (Phi) is 7.67. The van der Waals surface area contributed by atoms with Gasteiger partial charge in [-0.15, -0.1) is 11.8 Å². The highest BCUT2D eigenvalue weighted by molar-refractivity contribution is 14.1. The molecule has 4 nitrogen and oxygen atoms in total. The zero-order valence-corrected chi connectivity index (χ0v) is 16.7. The molecule has 0 bridgehead atoms. The van der Waals surface area contributed by atoms with E-state index < -0.39 is 11.9 Å². The molecule has 0 aromatic heterocycles. The fourth-order valence-corrected chi connectivity index (χ4v) is 3.47. The van der Waals surface area contributed by atoms with Crippen LogP contribution in [0.1, 0.15) is 0 Å². The predicted molar refractivity (Wildman–Crippen MR) is 106 cm³/mol. The van der Waals surface area contributed by atoms with Crippen molar-refractivity contribution in [2.75, 3.05) is 17.7 Å². The van der Waals surface area contributed by atoms with Crippen molar-refractivity contribution in [2.24, 2.45) is 0 Å². The van der Waals surface area contributed by atoms with Crippen LogP contribution in [-0.2, 0) is 14.3 Å². The first kappa shape index (κ1) is 19.4. The van der Waals surface area contributed by atoms with Gasteiger partial charge in [0.1, 0.15) is 0 Å². The molecular formula is C16H12Cl2INO3S. The Balaban J connectivity index is 1.77. The number of para-hydroxylation sites is 1. The maximum Gasteiger partial charge on any atom is 0.316 e. The molecule has 1 amide bonds. The van der Waals surface area contributed by atoms with E-state index in [-0.39, 0.29) is 12.4 Å². The quantitative estimate of drug-likeness (QED) is 0.353. The molecule has 1 N–H and O–H groups in total. The van der Waals surface area contributed by atoms with Crippen molar-refractivity contribution >= 4 is 75.1 Å². The van der Waals surface area contributed by atoms with Crippen molar-refractivity contribution in [3.63, 3.8) is 0 Å². The van der Waals surface area contributed by atoms with Crippen LogP contribution < -0.4 is 5.32 Å². The van der Waals surface area contributed by atoms with Crippen molar-refractivity contribution in [1.82, 2.24) is 0 Å². The lowest BCUT2D eigenvalue weighted by Crippen LogP contribution is -2.22. The largest absolute Gasteiger partial charge is 0.455 e. The summed E-state index contributed by atoms with van der Waals surface area (Å²) in [4.78, 5) is 24.2. The molecule has 0 fully saturated rings. The number of nitrogens with one attached hydrogen (secondary N) is 1. The fraction of sp³-hybridized carbons (Fsp3) is 0.125. The third-order valence-electron chi connectivity index (χ3n) is 2.75. The summed E-state index contributed by atoms with van der Waals surface area (Å²) in [5.41, 5.74) is 0.680. The normalized spacial score (nSPS) is 10.3. The standard InChI is InChI=1S/C16H12Cl2INO3S/c17-10-5-6-11(18)14(7-10)24-9-16(22)23-8-15(21)20-13-4-2-1-3-12(13)19/h1-7H,8-9H2,(H,20,21). The summed E-state index contributed by atoms with van der Waals surface area (Å²) in [5, 5.41) is 3.73. The summed E-state index contributed by atoms with van der Waals surface area (Å²) in [6, 6.07) is 12.3. The summed E-state index contributed by atoms with van der Waals surface area (Å²) in [5.74, 6) is -0.858. The van der Waals surface area contributed by atoms with Gasteiger partial charge in [0.15, 0.2) is 6.61 Å². The Morgan fingerprint density at radius 1 is 1.17 bits per heavy atom. The van der Waals surface area contributed by atoms with Crippen LogP contribution in [0.3, 0.4) is 0 Å². The smallest absolute Gasteiger partial charge is 0.316 e. The topological polar surface area (TPSA) is 55.4 Å². The molecule has 24 heavy (non-hydrogen) atoms. The van der Waals surface area contributed by atoms with Crippen molar-refractivity contribution in [3.05, 3.63) is 56.1 Å². The van der Waals surface area contributed by atoms with Gasteiger partial charge in [0.25, 0.3) is 5.91 Å². The molecule has 0 saturated heterocycles. The predicted octanol–water partition coefficient (Wildman–Crippen LogP) is 4.87. The van der Waals surface area contributed by atoms with Crippen LogP contribution in [0, 0.1) is 3.57 Å². The number of thioether (sulfide) groups is 1. The van der Waals surface area contributed by atoms with Gasteiger partial charge in [-0.3, -0.25) is 9.59 Å². The van der Waals surface area contributed by atoms with Crippen LogP contribution in [-0.4, -0.2) is 24.2 Å². The minimum atomic E-state index is -0.506. The Bertz CT molecular complexity index is 758. The third-order valence-corrected chi connectivity index (χ3v) is 5.40. The number of benzene rings is 2. The number of hydrogen-bond acceptors (Lipinski definition) is 4. The van der Waals surface area contributed by atoms with E-state index in [1.165, 1.54) is 11.8 Å². The van der Waals surface area contributed by atoms with E-state index in [0.717, 1.165) is 3.57 Å². The monoisotopic (exact) mass is 495 g/mol. The van der Waals surface area contributed by atoms with Gasteiger partial charge in [-0.2, -0.15) is 0 Å². The average molecular weight is 496 g/mol. The van der Waals surface area contributed by atoms with E-state index in [4.69, 9.17) is 27.9 Å². The van der Waals surface area contributed by atoms with Crippen molar-refractivity contribution in [2.45, 2.75) is 4.90 Å². The van der Waals surface area contributed by atoms with Crippen molar-refractivity contribution in [3.8, 4) is 0 Å². The lowest BCUT2D eigenvalue weighted by molar-refractivity contribution is -0.144.